The summed E-state index contributed by atoms with van der Waals surface area (Å²) in [5.41, 5.74) is 0. The molecule has 1 aliphatic heterocycles. The van der Waals surface area contributed by atoms with E-state index in [4.69, 9.17) is 10.00 Å². The van der Waals surface area contributed by atoms with Gasteiger partial charge in [0.15, 0.2) is 0 Å². The molecule has 1 amide bonds. The Balaban J connectivity index is 1.78. The Labute approximate surface area is 139 Å². The number of amides is 1. The molecule has 0 aromatic heterocycles. The van der Waals surface area contributed by atoms with E-state index in [-0.39, 0.29) is 18.6 Å². The minimum Gasteiger partial charge on any atom is -0.391 e. The predicted molar refractivity (Wildman–Crippen MR) is 79.3 cm³/mol. The number of aliphatic hydroxyl groups is 1. The van der Waals surface area contributed by atoms with E-state index in [0.29, 0.717) is 25.7 Å². The van der Waals surface area contributed by atoms with Crippen LogP contribution in [0.4, 0.5) is 4.39 Å². The number of carbonyl (C=O) groups is 1. The van der Waals surface area contributed by atoms with Crippen molar-refractivity contribution in [2.75, 3.05) is 13.2 Å². The molecule has 2 aliphatic carbocycles. The van der Waals surface area contributed by atoms with Gasteiger partial charge in [-0.25, -0.2) is 9.11 Å². The first-order valence-electron chi connectivity index (χ1n) is 7.96. The molecule has 3 rings (SSSR count). The summed E-state index contributed by atoms with van der Waals surface area (Å²) < 4.78 is 47.0. The van der Waals surface area contributed by atoms with E-state index in [0.717, 1.165) is 4.31 Å². The topological polar surface area (TPSA) is 120 Å². The van der Waals surface area contributed by atoms with Crippen LogP contribution in [0.3, 0.4) is 0 Å². The first-order chi connectivity index (χ1) is 11.3. The van der Waals surface area contributed by atoms with Crippen LogP contribution in [-0.2, 0) is 19.7 Å². The number of hydrogen-bond acceptors (Lipinski definition) is 6. The number of carbonyl (C=O) groups excluding carboxylic acids is 1. The lowest BCUT2D eigenvalue weighted by Gasteiger charge is -2.47. The Morgan fingerprint density at radius 2 is 2.17 bits per heavy atom. The predicted octanol–water partition coefficient (Wildman–Crippen LogP) is -0.541. The number of rotatable bonds is 3. The number of ether oxygens (including phenoxy) is 1. The molecule has 0 bridgehead atoms. The third-order valence-corrected chi connectivity index (χ3v) is 6.72. The molecule has 6 unspecified atom stereocenters. The second-order valence-electron chi connectivity index (χ2n) is 6.64. The van der Waals surface area contributed by atoms with Crippen LogP contribution in [0.15, 0.2) is 0 Å². The zero-order valence-electron chi connectivity index (χ0n) is 13.0. The van der Waals surface area contributed by atoms with Crippen LogP contribution >= 0.6 is 0 Å². The highest BCUT2D eigenvalue weighted by molar-refractivity contribution is 7.88. The molecule has 6 atom stereocenters. The monoisotopic (exact) mass is 361 g/mol. The molecule has 8 nitrogen and oxygen atoms in total. The minimum absolute atomic E-state index is 0.0536. The summed E-state index contributed by atoms with van der Waals surface area (Å²) in [7, 11) is -4.11. The maximum absolute atomic E-state index is 15.1. The first kappa shape index (κ1) is 17.5. The van der Waals surface area contributed by atoms with E-state index in [2.05, 4.69) is 0 Å². The lowest BCUT2D eigenvalue weighted by molar-refractivity contribution is -0.120. The lowest BCUT2D eigenvalue weighted by atomic mass is 9.66. The maximum Gasteiger partial charge on any atom is 0.304 e. The maximum atomic E-state index is 15.1. The molecule has 0 aromatic rings. The molecule has 3 aliphatic rings. The second-order valence-corrected chi connectivity index (χ2v) is 8.26. The average molecular weight is 361 g/mol. The largest absolute Gasteiger partial charge is 0.391 e. The molecule has 24 heavy (non-hydrogen) atoms. The van der Waals surface area contributed by atoms with E-state index < -0.39 is 46.9 Å². The van der Waals surface area contributed by atoms with Crippen molar-refractivity contribution in [2.45, 2.75) is 50.1 Å². The van der Waals surface area contributed by atoms with Gasteiger partial charge in [-0.3, -0.25) is 4.79 Å². The van der Waals surface area contributed by atoms with Crippen molar-refractivity contribution in [3.63, 3.8) is 0 Å². The van der Waals surface area contributed by atoms with Gasteiger partial charge in [0.05, 0.1) is 30.9 Å². The second kappa shape index (κ2) is 6.55. The number of alkyl halides is 1. The molecule has 1 saturated heterocycles. The van der Waals surface area contributed by atoms with E-state index in [9.17, 15) is 18.3 Å². The van der Waals surface area contributed by atoms with Crippen molar-refractivity contribution in [3.05, 3.63) is 0 Å². The van der Waals surface area contributed by atoms with E-state index in [1.807, 2.05) is 10.8 Å². The van der Waals surface area contributed by atoms with Crippen LogP contribution in [0.1, 0.15) is 25.7 Å². The van der Waals surface area contributed by atoms with Crippen molar-refractivity contribution in [2.24, 2.45) is 11.8 Å². The highest BCUT2D eigenvalue weighted by atomic mass is 32.2. The molecule has 0 aromatic carbocycles. The molecular weight excluding hydrogens is 341 g/mol. The minimum atomic E-state index is -4.11. The summed E-state index contributed by atoms with van der Waals surface area (Å²) >= 11 is 0. The fraction of sp³-hybridized carbons (Fsp3) is 0.857. The number of halogens is 1. The smallest absolute Gasteiger partial charge is 0.304 e. The van der Waals surface area contributed by atoms with Gasteiger partial charge in [0.25, 0.3) is 0 Å². The SMILES string of the molecule is N#CCOC1CCC2CC(O)C(N3CC(=O)NS3(=O)=O)C(F)C2C1. The van der Waals surface area contributed by atoms with Crippen LogP contribution < -0.4 is 4.72 Å². The quantitative estimate of drug-likeness (QED) is 0.697. The number of nitriles is 1. The molecule has 134 valence electrons. The fourth-order valence-electron chi connectivity index (χ4n) is 4.21. The van der Waals surface area contributed by atoms with Crippen molar-refractivity contribution >= 4 is 16.1 Å². The molecular formula is C14H20FN3O5S. The Bertz CT molecular complexity index is 651. The number of hydrogen-bond donors (Lipinski definition) is 2. The van der Waals surface area contributed by atoms with Gasteiger partial charge < -0.3 is 9.84 Å². The summed E-state index contributed by atoms with van der Waals surface area (Å²) in [6, 6.07) is 0.612. The summed E-state index contributed by atoms with van der Waals surface area (Å²) in [4.78, 5) is 11.4. The van der Waals surface area contributed by atoms with Gasteiger partial charge in [0.2, 0.25) is 5.91 Å². The molecule has 0 radical (unpaired) electrons. The summed E-state index contributed by atoms with van der Waals surface area (Å²) in [5.74, 6) is -1.24. The van der Waals surface area contributed by atoms with Crippen LogP contribution in [0.2, 0.25) is 0 Å². The zero-order chi connectivity index (χ0) is 17.5. The number of nitrogens with zero attached hydrogens (tertiary/aromatic N) is 2. The molecule has 2 saturated carbocycles. The van der Waals surface area contributed by atoms with Crippen molar-refractivity contribution < 1.29 is 27.4 Å². The standard InChI is InChI=1S/C14H20FN3O5S/c15-13-10-6-9(23-4-3-16)2-1-8(10)5-11(19)14(13)18-7-12(20)17-24(18,21)22/h8-11,13-14,19H,1-2,4-7H2,(H,17,20). The Morgan fingerprint density at radius 1 is 1.42 bits per heavy atom. The van der Waals surface area contributed by atoms with Gasteiger partial charge in [-0.15, -0.1) is 0 Å². The fourth-order valence-corrected chi connectivity index (χ4v) is 5.54. The van der Waals surface area contributed by atoms with Crippen LogP contribution in [0, 0.1) is 23.2 Å². The summed E-state index contributed by atoms with van der Waals surface area (Å²) in [6.07, 6.45) is -0.957. The van der Waals surface area contributed by atoms with E-state index in [1.165, 1.54) is 0 Å². The van der Waals surface area contributed by atoms with Gasteiger partial charge in [-0.1, -0.05) is 0 Å². The van der Waals surface area contributed by atoms with E-state index >= 15 is 4.39 Å². The van der Waals surface area contributed by atoms with Crippen molar-refractivity contribution in [3.8, 4) is 6.07 Å². The summed E-state index contributed by atoms with van der Waals surface area (Å²) in [6.45, 7) is -0.541. The number of fused-ring (bicyclic) bond motifs is 1. The van der Waals surface area contributed by atoms with Crippen molar-refractivity contribution in [1.29, 1.82) is 5.26 Å². The van der Waals surface area contributed by atoms with Gasteiger partial charge in [0, 0.05) is 0 Å². The van der Waals surface area contributed by atoms with Crippen molar-refractivity contribution in [1.82, 2.24) is 9.03 Å². The molecule has 1 heterocycles. The van der Waals surface area contributed by atoms with Gasteiger partial charge in [0.1, 0.15) is 12.8 Å². The summed E-state index contributed by atoms with van der Waals surface area (Å²) in [5, 5.41) is 18.9. The lowest BCUT2D eigenvalue weighted by Crippen LogP contribution is -2.59. The third kappa shape index (κ3) is 3.13. The molecule has 0 spiro atoms. The van der Waals surface area contributed by atoms with Crippen LogP contribution in [0.5, 0.6) is 0 Å². The van der Waals surface area contributed by atoms with E-state index in [1.54, 1.807) is 0 Å². The Hall–Kier alpha value is -1.28. The molecule has 2 N–H and O–H groups in total. The average Bonchev–Trinajstić information content (AvgIpc) is 2.78. The van der Waals surface area contributed by atoms with Gasteiger partial charge >= 0.3 is 10.2 Å². The molecule has 10 heteroatoms. The van der Waals surface area contributed by atoms with Crippen LogP contribution in [0.25, 0.3) is 0 Å². The first-order valence-corrected chi connectivity index (χ1v) is 9.40. The highest BCUT2D eigenvalue weighted by Crippen LogP contribution is 2.44. The normalized spacial score (nSPS) is 42.1. The van der Waals surface area contributed by atoms with Crippen LogP contribution in [-0.4, -0.2) is 61.3 Å². The Kier molecular flexibility index (Phi) is 4.79. The molecule has 3 fully saturated rings. The van der Waals surface area contributed by atoms with Gasteiger partial charge in [-0.05, 0) is 37.5 Å². The zero-order valence-corrected chi connectivity index (χ0v) is 13.8. The van der Waals surface area contributed by atoms with Gasteiger partial charge in [-0.2, -0.15) is 18.0 Å². The Morgan fingerprint density at radius 3 is 2.79 bits per heavy atom. The number of nitrogens with one attached hydrogen (secondary N) is 1. The third-order valence-electron chi connectivity index (χ3n) is 5.24. The highest BCUT2D eigenvalue weighted by Gasteiger charge is 2.53. The number of aliphatic hydroxyl groups excluding tert-OH is 1.